The van der Waals surface area contributed by atoms with Crippen LogP contribution in [0.4, 0.5) is 10.5 Å². The summed E-state index contributed by atoms with van der Waals surface area (Å²) in [5.74, 6) is -0.339. The Hall–Kier alpha value is -3.22. The highest BCUT2D eigenvalue weighted by Crippen LogP contribution is 2.30. The Morgan fingerprint density at radius 1 is 1.04 bits per heavy atom. The molecule has 0 aliphatic carbocycles. The Morgan fingerprint density at radius 2 is 1.63 bits per heavy atom. The number of rotatable bonds is 6. The van der Waals surface area contributed by atoms with Gasteiger partial charge in [0, 0.05) is 12.1 Å². The maximum Gasteiger partial charge on any atom is 0.325 e. The lowest BCUT2D eigenvalue weighted by Gasteiger charge is -2.22. The first-order valence-electron chi connectivity index (χ1n) is 8.82. The highest BCUT2D eigenvalue weighted by Gasteiger charge is 2.48. The first-order chi connectivity index (χ1) is 12.8. The molecular weight excluding hydrogens is 346 g/mol. The molecule has 0 aromatic heterocycles. The lowest BCUT2D eigenvalue weighted by Crippen LogP contribution is -2.40. The van der Waals surface area contributed by atoms with Crippen LogP contribution in [-0.2, 0) is 23.3 Å². The van der Waals surface area contributed by atoms with Gasteiger partial charge in [0.25, 0.3) is 11.6 Å². The summed E-state index contributed by atoms with van der Waals surface area (Å²) in [6.45, 7) is 3.86. The third kappa shape index (κ3) is 3.53. The van der Waals surface area contributed by atoms with Gasteiger partial charge in [-0.2, -0.15) is 0 Å². The summed E-state index contributed by atoms with van der Waals surface area (Å²) < 4.78 is 0. The highest BCUT2D eigenvalue weighted by atomic mass is 16.6. The number of imide groups is 1. The summed E-state index contributed by atoms with van der Waals surface area (Å²) >= 11 is 0. The zero-order valence-electron chi connectivity index (χ0n) is 15.3. The summed E-state index contributed by atoms with van der Waals surface area (Å²) in [6, 6.07) is 13.0. The number of aryl methyl sites for hydroxylation is 1. The molecule has 1 aliphatic rings. The Morgan fingerprint density at radius 3 is 2.19 bits per heavy atom. The average molecular weight is 367 g/mol. The number of hydrogen-bond acceptors (Lipinski definition) is 4. The highest BCUT2D eigenvalue weighted by molar-refractivity contribution is 6.07. The van der Waals surface area contributed by atoms with E-state index in [0.717, 1.165) is 23.3 Å². The van der Waals surface area contributed by atoms with E-state index in [0.29, 0.717) is 5.56 Å². The smallest absolute Gasteiger partial charge is 0.319 e. The predicted molar refractivity (Wildman–Crippen MR) is 100.0 cm³/mol. The number of non-ortho nitro benzene ring substituents is 1. The topological polar surface area (TPSA) is 92.6 Å². The first kappa shape index (κ1) is 18.6. The molecular formula is C20H21N3O4. The van der Waals surface area contributed by atoms with Crippen molar-refractivity contribution in [2.45, 2.75) is 38.8 Å². The van der Waals surface area contributed by atoms with Crippen LogP contribution < -0.4 is 5.32 Å². The van der Waals surface area contributed by atoms with Crippen LogP contribution in [-0.4, -0.2) is 21.8 Å². The number of benzene rings is 2. The number of carbonyl (C=O) groups excluding carboxylic acids is 2. The van der Waals surface area contributed by atoms with Gasteiger partial charge in [-0.1, -0.05) is 49.7 Å². The summed E-state index contributed by atoms with van der Waals surface area (Å²) in [4.78, 5) is 36.8. The number of amides is 3. The molecule has 140 valence electrons. The van der Waals surface area contributed by atoms with Gasteiger partial charge in [0.15, 0.2) is 0 Å². The van der Waals surface area contributed by atoms with Gasteiger partial charge < -0.3 is 5.32 Å². The second kappa shape index (κ2) is 7.19. The van der Waals surface area contributed by atoms with Crippen LogP contribution in [0.15, 0.2) is 48.5 Å². The fourth-order valence-electron chi connectivity index (χ4n) is 3.24. The molecule has 7 heteroatoms. The number of hydrogen-bond donors (Lipinski definition) is 1. The molecule has 0 bridgehead atoms. The quantitative estimate of drug-likeness (QED) is 0.480. The summed E-state index contributed by atoms with van der Waals surface area (Å²) in [5.41, 5.74) is 1.40. The van der Waals surface area contributed by atoms with Crippen LogP contribution in [0.25, 0.3) is 0 Å². The predicted octanol–water partition coefficient (Wildman–Crippen LogP) is 3.51. The van der Waals surface area contributed by atoms with E-state index >= 15 is 0 Å². The molecule has 1 heterocycles. The monoisotopic (exact) mass is 367 g/mol. The summed E-state index contributed by atoms with van der Waals surface area (Å²) in [5, 5.41) is 13.5. The minimum absolute atomic E-state index is 0.0343. The van der Waals surface area contributed by atoms with Crippen LogP contribution in [0.5, 0.6) is 0 Å². The van der Waals surface area contributed by atoms with Crippen molar-refractivity contribution < 1.29 is 14.5 Å². The molecule has 1 atom stereocenters. The van der Waals surface area contributed by atoms with Gasteiger partial charge in [-0.25, -0.2) is 4.79 Å². The minimum atomic E-state index is -1.12. The van der Waals surface area contributed by atoms with Gasteiger partial charge in [-0.15, -0.1) is 0 Å². The molecule has 2 aromatic rings. The lowest BCUT2D eigenvalue weighted by molar-refractivity contribution is -0.384. The molecule has 1 saturated heterocycles. The molecule has 27 heavy (non-hydrogen) atoms. The van der Waals surface area contributed by atoms with Crippen molar-refractivity contribution >= 4 is 17.6 Å². The lowest BCUT2D eigenvalue weighted by atomic mass is 9.91. The molecule has 0 unspecified atom stereocenters. The fourth-order valence-corrected chi connectivity index (χ4v) is 3.24. The number of nitrogens with one attached hydrogen (secondary N) is 1. The van der Waals surface area contributed by atoms with E-state index in [9.17, 15) is 19.7 Å². The molecule has 1 fully saturated rings. The largest absolute Gasteiger partial charge is 0.325 e. The van der Waals surface area contributed by atoms with Crippen LogP contribution in [0.2, 0.25) is 0 Å². The Kier molecular flexibility index (Phi) is 4.94. The van der Waals surface area contributed by atoms with Crippen molar-refractivity contribution in [2.75, 3.05) is 0 Å². The van der Waals surface area contributed by atoms with Crippen LogP contribution in [0.1, 0.15) is 37.0 Å². The van der Waals surface area contributed by atoms with Gasteiger partial charge in [0.05, 0.1) is 11.5 Å². The molecule has 2 aromatic carbocycles. The van der Waals surface area contributed by atoms with Crippen molar-refractivity contribution in [1.82, 2.24) is 10.2 Å². The van der Waals surface area contributed by atoms with Crippen molar-refractivity contribution in [3.8, 4) is 0 Å². The molecule has 3 amide bonds. The van der Waals surface area contributed by atoms with Crippen LogP contribution >= 0.6 is 0 Å². The van der Waals surface area contributed by atoms with Crippen LogP contribution in [0.3, 0.4) is 0 Å². The minimum Gasteiger partial charge on any atom is -0.319 e. The second-order valence-corrected chi connectivity index (χ2v) is 6.82. The standard InChI is InChI=1S/C20H21N3O4/c1-3-4-14-5-9-16(10-6-14)20(2)18(24)22(19(25)21-20)13-15-7-11-17(12-8-15)23(26)27/h5-12H,3-4,13H2,1-2H3,(H,21,25)/t20-/m0/s1. The van der Waals surface area contributed by atoms with E-state index in [2.05, 4.69) is 12.2 Å². The Labute approximate surface area is 157 Å². The number of nitro benzene ring substituents is 1. The van der Waals surface area contributed by atoms with E-state index in [1.165, 1.54) is 17.7 Å². The van der Waals surface area contributed by atoms with Crippen molar-refractivity contribution in [2.24, 2.45) is 0 Å². The van der Waals surface area contributed by atoms with Gasteiger partial charge in [-0.05, 0) is 30.0 Å². The average Bonchev–Trinajstić information content (AvgIpc) is 2.87. The van der Waals surface area contributed by atoms with Crippen molar-refractivity contribution in [3.63, 3.8) is 0 Å². The van der Waals surface area contributed by atoms with Gasteiger partial charge in [0.2, 0.25) is 0 Å². The molecule has 0 saturated carbocycles. The maximum atomic E-state index is 13.0. The molecule has 1 N–H and O–H groups in total. The molecule has 3 rings (SSSR count). The molecule has 1 aliphatic heterocycles. The number of urea groups is 1. The zero-order valence-corrected chi connectivity index (χ0v) is 15.3. The molecule has 7 nitrogen and oxygen atoms in total. The van der Waals surface area contributed by atoms with Crippen molar-refractivity contribution in [3.05, 3.63) is 75.3 Å². The van der Waals surface area contributed by atoms with Crippen LogP contribution in [0, 0.1) is 10.1 Å². The van der Waals surface area contributed by atoms with E-state index < -0.39 is 16.5 Å². The third-order valence-electron chi connectivity index (χ3n) is 4.83. The van der Waals surface area contributed by atoms with Crippen molar-refractivity contribution in [1.29, 1.82) is 0 Å². The zero-order chi connectivity index (χ0) is 19.6. The molecule has 0 radical (unpaired) electrons. The van der Waals surface area contributed by atoms with Gasteiger partial charge >= 0.3 is 6.03 Å². The molecule has 0 spiro atoms. The number of carbonyl (C=O) groups is 2. The second-order valence-electron chi connectivity index (χ2n) is 6.82. The first-order valence-corrected chi connectivity index (χ1v) is 8.82. The normalized spacial score (nSPS) is 19.3. The van der Waals surface area contributed by atoms with E-state index in [1.807, 2.05) is 24.3 Å². The van der Waals surface area contributed by atoms with Gasteiger partial charge in [0.1, 0.15) is 5.54 Å². The summed E-state index contributed by atoms with van der Waals surface area (Å²) in [7, 11) is 0. The SMILES string of the molecule is CCCc1ccc([C@]2(C)NC(=O)N(Cc3ccc([N+](=O)[O-])cc3)C2=O)cc1. The fraction of sp³-hybridized carbons (Fsp3) is 0.300. The Balaban J connectivity index is 1.80. The Bertz CT molecular complexity index is 877. The van der Waals surface area contributed by atoms with E-state index in [4.69, 9.17) is 0 Å². The third-order valence-corrected chi connectivity index (χ3v) is 4.83. The summed E-state index contributed by atoms with van der Waals surface area (Å²) in [6.07, 6.45) is 2.00. The van der Waals surface area contributed by atoms with E-state index in [1.54, 1.807) is 19.1 Å². The van der Waals surface area contributed by atoms with Gasteiger partial charge in [-0.3, -0.25) is 19.8 Å². The van der Waals surface area contributed by atoms with E-state index in [-0.39, 0.29) is 18.1 Å². The number of nitro groups is 1. The maximum absolute atomic E-state index is 13.0. The number of nitrogens with zero attached hydrogens (tertiary/aromatic N) is 2.